The maximum atomic E-state index is 13.0. The summed E-state index contributed by atoms with van der Waals surface area (Å²) in [6.45, 7) is 0.922. The largest absolute Gasteiger partial charge is 0.403 e. The van der Waals surface area contributed by atoms with Crippen molar-refractivity contribution in [1.82, 2.24) is 14.9 Å². The first kappa shape index (κ1) is 20.8. The molecule has 3 heterocycles. The Balaban J connectivity index is 1.81. The van der Waals surface area contributed by atoms with Crippen molar-refractivity contribution in [2.45, 2.75) is 44.4 Å². The first-order valence-corrected chi connectivity index (χ1v) is 9.28. The Labute approximate surface area is 166 Å². The Kier molecular flexibility index (Phi) is 5.90. The summed E-state index contributed by atoms with van der Waals surface area (Å²) in [5, 5.41) is 2.95. The van der Waals surface area contributed by atoms with Crippen LogP contribution in [0.2, 0.25) is 0 Å². The van der Waals surface area contributed by atoms with Gasteiger partial charge in [0.2, 0.25) is 11.9 Å². The van der Waals surface area contributed by atoms with E-state index in [2.05, 4.69) is 20.3 Å². The van der Waals surface area contributed by atoms with Crippen LogP contribution in [0.25, 0.3) is 5.57 Å². The number of aliphatic imine (C=N–C) groups is 1. The SMILES string of the molecule is CN=CC(=CN)Nc1nccc(C2=CC3CCC(C2)N3C(=O)C(C)C(F)(F)F)n1. The molecule has 3 rings (SSSR count). The second-order valence-electron chi connectivity index (χ2n) is 7.10. The summed E-state index contributed by atoms with van der Waals surface area (Å²) in [5.41, 5.74) is 7.62. The number of hydrogen-bond acceptors (Lipinski definition) is 6. The van der Waals surface area contributed by atoms with E-state index in [0.29, 0.717) is 36.6 Å². The Morgan fingerprint density at radius 2 is 2.21 bits per heavy atom. The molecule has 0 saturated carbocycles. The molecule has 2 aliphatic rings. The van der Waals surface area contributed by atoms with Gasteiger partial charge >= 0.3 is 6.18 Å². The van der Waals surface area contributed by atoms with Crippen LogP contribution < -0.4 is 11.1 Å². The molecule has 29 heavy (non-hydrogen) atoms. The van der Waals surface area contributed by atoms with E-state index in [4.69, 9.17) is 5.73 Å². The first-order chi connectivity index (χ1) is 13.7. The predicted octanol–water partition coefficient (Wildman–Crippen LogP) is 2.73. The van der Waals surface area contributed by atoms with E-state index in [1.54, 1.807) is 19.3 Å². The molecule has 3 atom stereocenters. The van der Waals surface area contributed by atoms with E-state index in [1.807, 2.05) is 6.08 Å². The Hall–Kier alpha value is -2.91. The molecular formula is C19H23F3N6O. The van der Waals surface area contributed by atoms with E-state index >= 15 is 0 Å². The number of nitrogens with one attached hydrogen (secondary N) is 1. The quantitative estimate of drug-likeness (QED) is 0.731. The van der Waals surface area contributed by atoms with Crippen molar-refractivity contribution < 1.29 is 18.0 Å². The lowest BCUT2D eigenvalue weighted by molar-refractivity contribution is -0.186. The number of halogens is 3. The minimum absolute atomic E-state index is 0.254. The molecule has 2 bridgehead atoms. The summed E-state index contributed by atoms with van der Waals surface area (Å²) in [6.07, 6.45) is 3.55. The van der Waals surface area contributed by atoms with Crippen LogP contribution in [-0.4, -0.2) is 52.3 Å². The number of carbonyl (C=O) groups is 1. The first-order valence-electron chi connectivity index (χ1n) is 9.28. The lowest BCUT2D eigenvalue weighted by atomic mass is 9.96. The monoisotopic (exact) mass is 408 g/mol. The van der Waals surface area contributed by atoms with Crippen molar-refractivity contribution in [2.75, 3.05) is 12.4 Å². The van der Waals surface area contributed by atoms with E-state index in [-0.39, 0.29) is 12.1 Å². The third-order valence-electron chi connectivity index (χ3n) is 5.20. The normalized spacial score (nSPS) is 23.3. The van der Waals surface area contributed by atoms with E-state index in [0.717, 1.165) is 12.5 Å². The molecule has 3 unspecified atom stereocenters. The molecule has 1 aromatic heterocycles. The minimum atomic E-state index is -4.54. The fourth-order valence-electron chi connectivity index (χ4n) is 3.71. The van der Waals surface area contributed by atoms with Crippen LogP contribution in [0.5, 0.6) is 0 Å². The summed E-state index contributed by atoms with van der Waals surface area (Å²) in [4.78, 5) is 26.3. The van der Waals surface area contributed by atoms with Crippen molar-refractivity contribution in [3.63, 3.8) is 0 Å². The molecule has 1 saturated heterocycles. The fraction of sp³-hybridized carbons (Fsp3) is 0.474. The average molecular weight is 408 g/mol. The van der Waals surface area contributed by atoms with Crippen LogP contribution in [0.4, 0.5) is 19.1 Å². The highest BCUT2D eigenvalue weighted by Gasteiger charge is 2.48. The van der Waals surface area contributed by atoms with Crippen molar-refractivity contribution >= 4 is 23.6 Å². The van der Waals surface area contributed by atoms with Crippen molar-refractivity contribution in [1.29, 1.82) is 0 Å². The molecule has 10 heteroatoms. The zero-order chi connectivity index (χ0) is 21.2. The molecule has 2 aliphatic heterocycles. The molecule has 1 fully saturated rings. The maximum Gasteiger partial charge on any atom is 0.400 e. The van der Waals surface area contributed by atoms with E-state index in [1.165, 1.54) is 17.3 Å². The summed E-state index contributed by atoms with van der Waals surface area (Å²) >= 11 is 0. The summed E-state index contributed by atoms with van der Waals surface area (Å²) in [6, 6.07) is 1.14. The molecule has 0 spiro atoms. The number of amides is 1. The van der Waals surface area contributed by atoms with Crippen molar-refractivity contribution in [3.8, 4) is 0 Å². The van der Waals surface area contributed by atoms with Gasteiger partial charge in [-0.1, -0.05) is 6.08 Å². The molecule has 0 aromatic carbocycles. The lowest BCUT2D eigenvalue weighted by Gasteiger charge is -2.36. The summed E-state index contributed by atoms with van der Waals surface area (Å²) in [7, 11) is 1.61. The van der Waals surface area contributed by atoms with Crippen LogP contribution in [0.3, 0.4) is 0 Å². The number of aromatic nitrogens is 2. The van der Waals surface area contributed by atoms with Crippen molar-refractivity contribution in [2.24, 2.45) is 16.6 Å². The second-order valence-corrected chi connectivity index (χ2v) is 7.10. The number of nitrogens with zero attached hydrogens (tertiary/aromatic N) is 4. The Morgan fingerprint density at radius 3 is 2.83 bits per heavy atom. The fourth-order valence-corrected chi connectivity index (χ4v) is 3.71. The lowest BCUT2D eigenvalue weighted by Crippen LogP contribution is -2.48. The van der Waals surface area contributed by atoms with Gasteiger partial charge in [-0.15, -0.1) is 0 Å². The van der Waals surface area contributed by atoms with Crippen LogP contribution in [0.15, 0.2) is 35.2 Å². The highest BCUT2D eigenvalue weighted by Crippen LogP contribution is 2.40. The molecular weight excluding hydrogens is 385 g/mol. The van der Waals surface area contributed by atoms with E-state index < -0.39 is 18.0 Å². The van der Waals surface area contributed by atoms with Gasteiger partial charge in [0.05, 0.1) is 17.4 Å². The number of nitrogens with two attached hydrogens (primary N) is 1. The highest BCUT2D eigenvalue weighted by molar-refractivity contribution is 5.83. The van der Waals surface area contributed by atoms with Gasteiger partial charge in [0.15, 0.2) is 0 Å². The summed E-state index contributed by atoms with van der Waals surface area (Å²) in [5.74, 6) is -2.53. The molecule has 1 amide bonds. The Bertz CT molecular complexity index is 864. The maximum absolute atomic E-state index is 13.0. The molecule has 7 nitrogen and oxygen atoms in total. The van der Waals surface area contributed by atoms with Gasteiger partial charge in [-0.05, 0) is 37.8 Å². The topological polar surface area (TPSA) is 96.5 Å². The van der Waals surface area contributed by atoms with Gasteiger partial charge in [0.1, 0.15) is 5.92 Å². The molecule has 1 aromatic rings. The number of hydrogen-bond donors (Lipinski definition) is 2. The van der Waals surface area contributed by atoms with Gasteiger partial charge in [0.25, 0.3) is 0 Å². The van der Waals surface area contributed by atoms with Crippen molar-refractivity contribution in [3.05, 3.63) is 35.9 Å². The minimum Gasteiger partial charge on any atom is -0.403 e. The number of rotatable bonds is 5. The van der Waals surface area contributed by atoms with Gasteiger partial charge in [-0.3, -0.25) is 9.79 Å². The van der Waals surface area contributed by atoms with Gasteiger partial charge in [-0.25, -0.2) is 9.97 Å². The van der Waals surface area contributed by atoms with Gasteiger partial charge < -0.3 is 16.0 Å². The third kappa shape index (κ3) is 4.41. The zero-order valence-corrected chi connectivity index (χ0v) is 16.1. The van der Waals surface area contributed by atoms with Crippen LogP contribution in [0, 0.1) is 5.92 Å². The zero-order valence-electron chi connectivity index (χ0n) is 16.1. The van der Waals surface area contributed by atoms with Crippen LogP contribution in [0.1, 0.15) is 31.9 Å². The van der Waals surface area contributed by atoms with E-state index in [9.17, 15) is 18.0 Å². The summed E-state index contributed by atoms with van der Waals surface area (Å²) < 4.78 is 39.0. The highest BCUT2D eigenvalue weighted by atomic mass is 19.4. The molecule has 0 aliphatic carbocycles. The number of carbonyl (C=O) groups excluding carboxylic acids is 1. The van der Waals surface area contributed by atoms with Gasteiger partial charge in [-0.2, -0.15) is 13.2 Å². The molecule has 0 radical (unpaired) electrons. The van der Waals surface area contributed by atoms with Gasteiger partial charge in [0, 0.05) is 31.7 Å². The standard InChI is InChI=1S/C19H23F3N6O/c1-11(19(20,21)22)17(29)28-14-3-4-15(28)8-12(7-14)16-5-6-25-18(27-16)26-13(9-23)10-24-2/h5-7,9-11,14-15H,3-4,8,23H2,1-2H3,(H,25,26,27). The number of fused-ring (bicyclic) bond motifs is 2. The van der Waals surface area contributed by atoms with Crippen LogP contribution in [-0.2, 0) is 4.79 Å². The number of allylic oxidation sites excluding steroid dienone is 1. The number of alkyl halides is 3. The second kappa shape index (κ2) is 8.22. The predicted molar refractivity (Wildman–Crippen MR) is 104 cm³/mol. The number of anilines is 1. The average Bonchev–Trinajstić information content (AvgIpc) is 2.95. The van der Waals surface area contributed by atoms with Crippen LogP contribution >= 0.6 is 0 Å². The smallest absolute Gasteiger partial charge is 0.400 e. The third-order valence-corrected chi connectivity index (χ3v) is 5.20. The molecule has 156 valence electrons. The molecule has 3 N–H and O–H groups in total. The Morgan fingerprint density at radius 1 is 1.45 bits per heavy atom.